The van der Waals surface area contributed by atoms with Gasteiger partial charge in [0.2, 0.25) is 0 Å². The summed E-state index contributed by atoms with van der Waals surface area (Å²) in [7, 11) is 0. The normalized spacial score (nSPS) is 24.9. The molecule has 146 valence electrons. The molecule has 2 heterocycles. The standard InChI is InChI=1S/C23H25F2N3/c24-23(25)14-27(15-23)18-9-5-16(6-10-18)21-13-28(19-11-7-17(26)8-12-19)22-4-2-1-3-20(21)22/h1-4,7-8,11-13,16,18H,5-6,9-10,14-15,26H2. The second-order valence-electron chi connectivity index (χ2n) is 8.33. The van der Waals surface area contributed by atoms with Crippen LogP contribution in [0.1, 0.15) is 37.2 Å². The van der Waals surface area contributed by atoms with Crippen LogP contribution in [0.4, 0.5) is 14.5 Å². The van der Waals surface area contributed by atoms with E-state index in [2.05, 4.69) is 35.0 Å². The van der Waals surface area contributed by atoms with Crippen LogP contribution < -0.4 is 5.73 Å². The van der Waals surface area contributed by atoms with Crippen LogP contribution in [0.15, 0.2) is 54.7 Å². The Kier molecular flexibility index (Phi) is 4.16. The van der Waals surface area contributed by atoms with Gasteiger partial charge in [0, 0.05) is 29.0 Å². The van der Waals surface area contributed by atoms with Crippen molar-refractivity contribution in [3.63, 3.8) is 0 Å². The lowest BCUT2D eigenvalue weighted by molar-refractivity contribution is -0.150. The van der Waals surface area contributed by atoms with Gasteiger partial charge in [0.25, 0.3) is 5.92 Å². The summed E-state index contributed by atoms with van der Waals surface area (Å²) in [4.78, 5) is 1.97. The number of nitrogen functional groups attached to an aromatic ring is 1. The third kappa shape index (κ3) is 3.08. The largest absolute Gasteiger partial charge is 0.399 e. The molecule has 2 N–H and O–H groups in total. The summed E-state index contributed by atoms with van der Waals surface area (Å²) >= 11 is 0. The number of halogens is 2. The minimum absolute atomic E-state index is 0.0568. The second-order valence-corrected chi connectivity index (χ2v) is 8.33. The second kappa shape index (κ2) is 6.59. The fourth-order valence-electron chi connectivity index (χ4n) is 4.94. The van der Waals surface area contributed by atoms with Crippen LogP contribution in [0.2, 0.25) is 0 Å². The third-order valence-corrected chi connectivity index (χ3v) is 6.44. The van der Waals surface area contributed by atoms with Crippen molar-refractivity contribution >= 4 is 16.6 Å². The van der Waals surface area contributed by atoms with Crippen LogP contribution in [-0.2, 0) is 0 Å². The third-order valence-electron chi connectivity index (χ3n) is 6.44. The van der Waals surface area contributed by atoms with Crippen LogP contribution >= 0.6 is 0 Å². The van der Waals surface area contributed by atoms with Gasteiger partial charge in [-0.1, -0.05) is 18.2 Å². The minimum atomic E-state index is -2.47. The van der Waals surface area contributed by atoms with Crippen molar-refractivity contribution in [3.05, 3.63) is 60.3 Å². The first-order valence-corrected chi connectivity index (χ1v) is 10.1. The summed E-state index contributed by atoms with van der Waals surface area (Å²) in [6.45, 7) is -0.114. The van der Waals surface area contributed by atoms with Gasteiger partial charge < -0.3 is 10.3 Å². The van der Waals surface area contributed by atoms with Crippen molar-refractivity contribution in [2.75, 3.05) is 18.8 Å². The lowest BCUT2D eigenvalue weighted by Crippen LogP contribution is -2.60. The van der Waals surface area contributed by atoms with Gasteiger partial charge >= 0.3 is 0 Å². The Labute approximate surface area is 163 Å². The maximum atomic E-state index is 13.2. The van der Waals surface area contributed by atoms with Gasteiger partial charge in [-0.05, 0) is 67.5 Å². The zero-order valence-electron chi connectivity index (χ0n) is 15.8. The molecule has 3 nitrogen and oxygen atoms in total. The average molecular weight is 381 g/mol. The number of fused-ring (bicyclic) bond motifs is 1. The van der Waals surface area contributed by atoms with E-state index in [4.69, 9.17) is 5.73 Å². The van der Waals surface area contributed by atoms with Crippen molar-refractivity contribution in [3.8, 4) is 5.69 Å². The molecule has 2 fully saturated rings. The van der Waals surface area contributed by atoms with Gasteiger partial charge in [-0.15, -0.1) is 0 Å². The van der Waals surface area contributed by atoms with Crippen molar-refractivity contribution < 1.29 is 8.78 Å². The highest BCUT2D eigenvalue weighted by Gasteiger charge is 2.47. The van der Waals surface area contributed by atoms with Gasteiger partial charge in [-0.25, -0.2) is 8.78 Å². The van der Waals surface area contributed by atoms with E-state index >= 15 is 0 Å². The summed E-state index contributed by atoms with van der Waals surface area (Å²) < 4.78 is 28.6. The highest BCUT2D eigenvalue weighted by Crippen LogP contribution is 2.41. The quantitative estimate of drug-likeness (QED) is 0.634. The molecule has 5 heteroatoms. The Hall–Kier alpha value is -2.40. The first-order valence-electron chi connectivity index (χ1n) is 10.1. The van der Waals surface area contributed by atoms with E-state index in [1.807, 2.05) is 29.2 Å². The van der Waals surface area contributed by atoms with E-state index in [0.717, 1.165) is 37.1 Å². The van der Waals surface area contributed by atoms with E-state index < -0.39 is 5.92 Å². The number of aromatic nitrogens is 1. The smallest absolute Gasteiger partial charge is 0.272 e. The van der Waals surface area contributed by atoms with Gasteiger partial charge in [-0.2, -0.15) is 0 Å². The predicted molar refractivity (Wildman–Crippen MR) is 109 cm³/mol. The number of likely N-dealkylation sites (tertiary alicyclic amines) is 1. The molecule has 1 aliphatic carbocycles. The maximum Gasteiger partial charge on any atom is 0.272 e. The summed E-state index contributed by atoms with van der Waals surface area (Å²) in [6.07, 6.45) is 6.38. The number of anilines is 1. The molecule has 1 saturated heterocycles. The summed E-state index contributed by atoms with van der Waals surface area (Å²) in [5, 5.41) is 1.29. The first-order chi connectivity index (χ1) is 13.5. The fourth-order valence-corrected chi connectivity index (χ4v) is 4.94. The van der Waals surface area contributed by atoms with Crippen LogP contribution in [0, 0.1) is 0 Å². The van der Waals surface area contributed by atoms with Crippen molar-refractivity contribution in [2.24, 2.45) is 0 Å². The zero-order valence-corrected chi connectivity index (χ0v) is 15.8. The number of para-hydroxylation sites is 1. The molecule has 0 radical (unpaired) electrons. The number of hydrogen-bond acceptors (Lipinski definition) is 2. The Morgan fingerprint density at radius 2 is 1.57 bits per heavy atom. The zero-order chi connectivity index (χ0) is 19.3. The average Bonchev–Trinajstić information content (AvgIpc) is 3.07. The van der Waals surface area contributed by atoms with E-state index in [0.29, 0.717) is 12.0 Å². The van der Waals surface area contributed by atoms with Gasteiger partial charge in [0.05, 0.1) is 18.6 Å². The Bertz CT molecular complexity index is 977. The summed E-state index contributed by atoms with van der Waals surface area (Å²) in [5.41, 5.74) is 10.3. The van der Waals surface area contributed by atoms with E-state index in [1.54, 1.807) is 0 Å². The van der Waals surface area contributed by atoms with Gasteiger partial charge in [0.15, 0.2) is 0 Å². The number of rotatable bonds is 3. The lowest BCUT2D eigenvalue weighted by Gasteiger charge is -2.46. The van der Waals surface area contributed by atoms with Gasteiger partial charge in [0.1, 0.15) is 0 Å². The molecule has 0 bridgehead atoms. The van der Waals surface area contributed by atoms with Crippen LogP contribution in [0.3, 0.4) is 0 Å². The monoisotopic (exact) mass is 381 g/mol. The van der Waals surface area contributed by atoms with Crippen molar-refractivity contribution in [2.45, 2.75) is 43.6 Å². The molecule has 28 heavy (non-hydrogen) atoms. The number of hydrogen-bond donors (Lipinski definition) is 1. The Morgan fingerprint density at radius 3 is 2.25 bits per heavy atom. The molecule has 1 aliphatic heterocycles. The molecular formula is C23H25F2N3. The van der Waals surface area contributed by atoms with E-state index in [9.17, 15) is 8.78 Å². The van der Waals surface area contributed by atoms with Crippen LogP contribution in [0.25, 0.3) is 16.6 Å². The molecule has 0 spiro atoms. The topological polar surface area (TPSA) is 34.2 Å². The van der Waals surface area contributed by atoms with Crippen LogP contribution in [-0.4, -0.2) is 34.5 Å². The molecular weight excluding hydrogens is 356 g/mol. The number of nitrogens with zero attached hydrogens (tertiary/aromatic N) is 2. The highest BCUT2D eigenvalue weighted by molar-refractivity contribution is 5.86. The molecule has 0 atom stereocenters. The Balaban J connectivity index is 1.40. The van der Waals surface area contributed by atoms with E-state index in [1.165, 1.54) is 16.5 Å². The molecule has 1 aromatic heterocycles. The fraction of sp³-hybridized carbons (Fsp3) is 0.391. The van der Waals surface area contributed by atoms with Crippen molar-refractivity contribution in [1.29, 1.82) is 0 Å². The number of benzene rings is 2. The maximum absolute atomic E-state index is 13.2. The van der Waals surface area contributed by atoms with Crippen molar-refractivity contribution in [1.82, 2.24) is 9.47 Å². The number of nitrogens with two attached hydrogens (primary N) is 1. The molecule has 2 aliphatic rings. The molecule has 1 saturated carbocycles. The molecule has 0 unspecified atom stereocenters. The highest BCUT2D eigenvalue weighted by atomic mass is 19.3. The summed E-state index contributed by atoms with van der Waals surface area (Å²) in [5.74, 6) is -1.98. The Morgan fingerprint density at radius 1 is 0.893 bits per heavy atom. The number of alkyl halides is 2. The molecule has 3 aromatic rings. The molecule has 5 rings (SSSR count). The van der Waals surface area contributed by atoms with Crippen LogP contribution in [0.5, 0.6) is 0 Å². The predicted octanol–water partition coefficient (Wildman–Crippen LogP) is 5.19. The van der Waals surface area contributed by atoms with E-state index in [-0.39, 0.29) is 13.1 Å². The van der Waals surface area contributed by atoms with Gasteiger partial charge in [-0.3, -0.25) is 4.90 Å². The molecule has 0 amide bonds. The first kappa shape index (κ1) is 17.7. The summed E-state index contributed by atoms with van der Waals surface area (Å²) in [6, 6.07) is 16.8. The SMILES string of the molecule is Nc1ccc(-n2cc(C3CCC(N4CC(F)(F)C4)CC3)c3ccccc32)cc1. The minimum Gasteiger partial charge on any atom is -0.399 e. The molecule has 2 aromatic carbocycles. The lowest BCUT2D eigenvalue weighted by atomic mass is 9.80.